The zero-order valence-corrected chi connectivity index (χ0v) is 11.7. The highest BCUT2D eigenvalue weighted by Gasteiger charge is 2.23. The quantitative estimate of drug-likeness (QED) is 0.797. The number of imidazole rings is 1. The van der Waals surface area contributed by atoms with Crippen molar-refractivity contribution in [1.82, 2.24) is 19.3 Å². The first-order chi connectivity index (χ1) is 8.74. The first kappa shape index (κ1) is 12.0. The van der Waals surface area contributed by atoms with Crippen molar-refractivity contribution in [3.05, 3.63) is 11.5 Å². The molecule has 0 radical (unpaired) electrons. The topological polar surface area (TPSA) is 35.6 Å². The third-order valence-corrected chi connectivity index (χ3v) is 4.20. The van der Waals surface area contributed by atoms with E-state index in [1.165, 1.54) is 19.3 Å². The first-order valence-corrected chi connectivity index (χ1v) is 7.26. The largest absolute Gasteiger partial charge is 0.312 e. The maximum atomic E-state index is 6.04. The van der Waals surface area contributed by atoms with Crippen molar-refractivity contribution in [2.24, 2.45) is 5.92 Å². The predicted octanol–water partition coefficient (Wildman–Crippen LogP) is 3.10. The molecule has 1 aliphatic carbocycles. The number of alkyl halides is 1. The Labute approximate surface area is 112 Å². The summed E-state index contributed by atoms with van der Waals surface area (Å²) in [6.45, 7) is 6.06. The predicted molar refractivity (Wildman–Crippen MR) is 72.8 cm³/mol. The summed E-state index contributed by atoms with van der Waals surface area (Å²) in [7, 11) is 0. The number of hydrogen-bond acceptors (Lipinski definition) is 2. The smallest absolute Gasteiger partial charge is 0.158 e. The minimum Gasteiger partial charge on any atom is -0.312 e. The molecule has 0 aromatic carbocycles. The summed E-state index contributed by atoms with van der Waals surface area (Å²) in [5.74, 6) is 2.26. The highest BCUT2D eigenvalue weighted by molar-refractivity contribution is 6.16. The number of halogens is 1. The highest BCUT2D eigenvalue weighted by atomic mass is 35.5. The number of aryl methyl sites for hydroxylation is 2. The van der Waals surface area contributed by atoms with Gasteiger partial charge in [-0.05, 0) is 32.6 Å². The van der Waals surface area contributed by atoms with Crippen molar-refractivity contribution in [3.8, 4) is 0 Å². The minimum atomic E-state index is 0.477. The maximum Gasteiger partial charge on any atom is 0.158 e. The Morgan fingerprint density at radius 1 is 1.39 bits per heavy atom. The van der Waals surface area contributed by atoms with Crippen LogP contribution in [0.5, 0.6) is 0 Å². The van der Waals surface area contributed by atoms with Crippen molar-refractivity contribution in [1.29, 1.82) is 0 Å². The van der Waals surface area contributed by atoms with Gasteiger partial charge in [-0.3, -0.25) is 0 Å². The molecule has 0 aliphatic heterocycles. The lowest BCUT2D eigenvalue weighted by Gasteiger charge is -2.26. The van der Waals surface area contributed by atoms with E-state index in [1.54, 1.807) is 0 Å². The van der Waals surface area contributed by atoms with Gasteiger partial charge in [0, 0.05) is 13.1 Å². The van der Waals surface area contributed by atoms with Crippen LogP contribution in [0.3, 0.4) is 0 Å². The Hall–Kier alpha value is -1.03. The summed E-state index contributed by atoms with van der Waals surface area (Å²) < 4.78 is 4.34. The molecule has 0 saturated heterocycles. The molecule has 3 rings (SSSR count). The lowest BCUT2D eigenvalue weighted by atomic mass is 9.85. The van der Waals surface area contributed by atoms with Crippen molar-refractivity contribution < 1.29 is 0 Å². The molecule has 1 saturated carbocycles. The van der Waals surface area contributed by atoms with Crippen LogP contribution in [0.15, 0.2) is 0 Å². The molecule has 4 nitrogen and oxygen atoms in total. The summed E-state index contributed by atoms with van der Waals surface area (Å²) >= 11 is 6.04. The van der Waals surface area contributed by atoms with Gasteiger partial charge in [-0.1, -0.05) is 6.42 Å². The summed E-state index contributed by atoms with van der Waals surface area (Å²) in [4.78, 5) is 4.66. The van der Waals surface area contributed by atoms with Crippen LogP contribution in [0.4, 0.5) is 0 Å². The third-order valence-electron chi connectivity index (χ3n) is 3.96. The van der Waals surface area contributed by atoms with Crippen molar-refractivity contribution in [2.45, 2.75) is 52.1 Å². The summed E-state index contributed by atoms with van der Waals surface area (Å²) in [5.41, 5.74) is 3.18. The van der Waals surface area contributed by atoms with E-state index in [9.17, 15) is 0 Å². The number of hydrogen-bond donors (Lipinski definition) is 0. The molecule has 2 aromatic rings. The van der Waals surface area contributed by atoms with Crippen LogP contribution in [-0.4, -0.2) is 19.3 Å². The molecule has 0 unspecified atom stereocenters. The normalized spacial score (nSPS) is 16.4. The zero-order valence-electron chi connectivity index (χ0n) is 11.0. The molecule has 0 bridgehead atoms. The summed E-state index contributed by atoms with van der Waals surface area (Å²) in [6, 6.07) is 0. The lowest BCUT2D eigenvalue weighted by Crippen LogP contribution is -2.20. The second kappa shape index (κ2) is 4.57. The Balaban J connectivity index is 2.11. The van der Waals surface area contributed by atoms with Gasteiger partial charge in [-0.15, -0.1) is 11.6 Å². The number of nitrogens with zero attached hydrogens (tertiary/aromatic N) is 4. The van der Waals surface area contributed by atoms with Crippen LogP contribution >= 0.6 is 11.6 Å². The van der Waals surface area contributed by atoms with E-state index < -0.39 is 0 Å². The van der Waals surface area contributed by atoms with Gasteiger partial charge in [-0.25, -0.2) is 9.67 Å². The molecule has 2 aromatic heterocycles. The molecule has 1 fully saturated rings. The van der Waals surface area contributed by atoms with Gasteiger partial charge in [0.2, 0.25) is 0 Å². The molecular weight excluding hydrogens is 248 g/mol. The molecule has 0 atom stereocenters. The fraction of sp³-hybridized carbons (Fsp3) is 0.692. The molecule has 0 N–H and O–H groups in total. The second-order valence-corrected chi connectivity index (χ2v) is 5.41. The average Bonchev–Trinajstić information content (AvgIpc) is 2.82. The van der Waals surface area contributed by atoms with Gasteiger partial charge in [0.25, 0.3) is 0 Å². The molecule has 2 heterocycles. The van der Waals surface area contributed by atoms with Crippen LogP contribution in [0.1, 0.15) is 37.7 Å². The lowest BCUT2D eigenvalue weighted by molar-refractivity contribution is 0.276. The van der Waals surface area contributed by atoms with Crippen LogP contribution in [0, 0.1) is 12.8 Å². The van der Waals surface area contributed by atoms with Crippen LogP contribution in [0.2, 0.25) is 0 Å². The fourth-order valence-electron chi connectivity index (χ4n) is 2.72. The van der Waals surface area contributed by atoms with Crippen LogP contribution in [-0.2, 0) is 19.0 Å². The SMILES string of the molecule is CCn1nc(C)c2nc(CCl)n(CC3CCC3)c21. The Kier molecular flexibility index (Phi) is 3.06. The Morgan fingerprint density at radius 3 is 2.72 bits per heavy atom. The Morgan fingerprint density at radius 2 is 2.17 bits per heavy atom. The van der Waals surface area contributed by atoms with Gasteiger partial charge in [0.1, 0.15) is 11.3 Å². The van der Waals surface area contributed by atoms with Gasteiger partial charge >= 0.3 is 0 Å². The van der Waals surface area contributed by atoms with E-state index >= 15 is 0 Å². The zero-order chi connectivity index (χ0) is 12.7. The molecule has 18 heavy (non-hydrogen) atoms. The van der Waals surface area contributed by atoms with E-state index in [1.807, 2.05) is 11.6 Å². The van der Waals surface area contributed by atoms with Crippen LogP contribution in [0.25, 0.3) is 11.2 Å². The van der Waals surface area contributed by atoms with Gasteiger partial charge < -0.3 is 4.57 Å². The monoisotopic (exact) mass is 266 g/mol. The third kappa shape index (κ3) is 1.74. The van der Waals surface area contributed by atoms with E-state index in [0.717, 1.165) is 41.7 Å². The van der Waals surface area contributed by atoms with Gasteiger partial charge in [0.05, 0.1) is 11.6 Å². The Bertz CT molecular complexity index is 565. The second-order valence-electron chi connectivity index (χ2n) is 5.14. The van der Waals surface area contributed by atoms with E-state index in [2.05, 4.69) is 21.6 Å². The first-order valence-electron chi connectivity index (χ1n) is 6.73. The number of aromatic nitrogens is 4. The van der Waals surface area contributed by atoms with Gasteiger partial charge in [-0.2, -0.15) is 5.10 Å². The van der Waals surface area contributed by atoms with Gasteiger partial charge in [0.15, 0.2) is 5.65 Å². The number of rotatable bonds is 4. The fourth-order valence-corrected chi connectivity index (χ4v) is 2.92. The summed E-state index contributed by atoms with van der Waals surface area (Å²) in [5, 5.41) is 4.55. The van der Waals surface area contributed by atoms with E-state index in [4.69, 9.17) is 11.6 Å². The van der Waals surface area contributed by atoms with Crippen LogP contribution < -0.4 is 0 Å². The molecule has 0 spiro atoms. The molecule has 98 valence electrons. The minimum absolute atomic E-state index is 0.477. The number of fused-ring (bicyclic) bond motifs is 1. The average molecular weight is 267 g/mol. The highest BCUT2D eigenvalue weighted by Crippen LogP contribution is 2.30. The van der Waals surface area contributed by atoms with E-state index in [-0.39, 0.29) is 0 Å². The van der Waals surface area contributed by atoms with Crippen molar-refractivity contribution in [2.75, 3.05) is 0 Å². The molecule has 1 aliphatic rings. The molecular formula is C13H19ClN4. The van der Waals surface area contributed by atoms with Crippen molar-refractivity contribution >= 4 is 22.8 Å². The summed E-state index contributed by atoms with van der Waals surface area (Å²) in [6.07, 6.45) is 4.03. The van der Waals surface area contributed by atoms with Crippen molar-refractivity contribution in [3.63, 3.8) is 0 Å². The standard InChI is InChI=1S/C13H19ClN4/c1-3-18-13-12(9(2)16-18)15-11(7-14)17(13)8-10-5-4-6-10/h10H,3-8H2,1-2H3. The maximum absolute atomic E-state index is 6.04. The molecule has 5 heteroatoms. The van der Waals surface area contributed by atoms with E-state index in [0.29, 0.717) is 5.88 Å². The molecule has 0 amide bonds.